The number of ether oxygens (including phenoxy) is 1. The van der Waals surface area contributed by atoms with Crippen LogP contribution in [0.5, 0.6) is 0 Å². The molecule has 1 aliphatic rings. The van der Waals surface area contributed by atoms with Gasteiger partial charge in [-0.2, -0.15) is 0 Å². The highest BCUT2D eigenvalue weighted by Crippen LogP contribution is 2.20. The second kappa shape index (κ2) is 6.81. The van der Waals surface area contributed by atoms with Gasteiger partial charge in [0.2, 0.25) is 0 Å². The molecule has 1 N–H and O–H groups in total. The summed E-state index contributed by atoms with van der Waals surface area (Å²) in [7, 11) is 0. The van der Waals surface area contributed by atoms with Gasteiger partial charge in [-0.25, -0.2) is 4.98 Å². The van der Waals surface area contributed by atoms with Crippen molar-refractivity contribution in [3.8, 4) is 0 Å². The number of piperidine rings is 1. The lowest BCUT2D eigenvalue weighted by Gasteiger charge is -2.31. The Morgan fingerprint density at radius 2 is 2.20 bits per heavy atom. The molecule has 0 saturated carbocycles. The molecule has 20 heavy (non-hydrogen) atoms. The predicted molar refractivity (Wildman–Crippen MR) is 74.0 cm³/mol. The molecule has 7 heteroatoms. The molecule has 2 heterocycles. The van der Waals surface area contributed by atoms with E-state index in [4.69, 9.17) is 9.84 Å². The summed E-state index contributed by atoms with van der Waals surface area (Å²) in [4.78, 5) is 29.3. The van der Waals surface area contributed by atoms with Crippen molar-refractivity contribution < 1.29 is 19.4 Å². The summed E-state index contributed by atoms with van der Waals surface area (Å²) in [5, 5.41) is 8.55. The van der Waals surface area contributed by atoms with E-state index in [0.717, 1.165) is 18.5 Å². The minimum absolute atomic E-state index is 0.0270. The zero-order valence-corrected chi connectivity index (χ0v) is 12.2. The van der Waals surface area contributed by atoms with Gasteiger partial charge in [0.15, 0.2) is 0 Å². The van der Waals surface area contributed by atoms with Crippen molar-refractivity contribution in [1.29, 1.82) is 0 Å². The van der Waals surface area contributed by atoms with Gasteiger partial charge in [-0.3, -0.25) is 9.59 Å². The number of likely N-dealkylation sites (tertiary alicyclic amines) is 1. The number of carboxylic acids is 1. The average Bonchev–Trinajstić information content (AvgIpc) is 2.84. The van der Waals surface area contributed by atoms with Crippen molar-refractivity contribution in [3.05, 3.63) is 16.1 Å². The number of carboxylic acid groups (broad SMARTS) is 1. The number of aliphatic carboxylic acids is 1. The van der Waals surface area contributed by atoms with Gasteiger partial charge in [0.1, 0.15) is 4.88 Å². The van der Waals surface area contributed by atoms with Crippen molar-refractivity contribution in [2.45, 2.75) is 32.3 Å². The number of amides is 1. The van der Waals surface area contributed by atoms with Crippen molar-refractivity contribution in [3.63, 3.8) is 0 Å². The first-order valence-electron chi connectivity index (χ1n) is 6.60. The number of rotatable bonds is 5. The second-order valence-corrected chi connectivity index (χ2v) is 5.63. The lowest BCUT2D eigenvalue weighted by molar-refractivity contribution is -0.138. The Balaban J connectivity index is 1.78. The van der Waals surface area contributed by atoms with E-state index in [2.05, 4.69) is 4.98 Å². The summed E-state index contributed by atoms with van der Waals surface area (Å²) >= 11 is 1.37. The van der Waals surface area contributed by atoms with Crippen molar-refractivity contribution >= 4 is 23.2 Å². The molecular formula is C13H18N2O4S. The maximum atomic E-state index is 12.3. The summed E-state index contributed by atoms with van der Waals surface area (Å²) in [6.07, 6.45) is 1.59. The van der Waals surface area contributed by atoms with Crippen molar-refractivity contribution in [2.75, 3.05) is 19.7 Å². The predicted octanol–water partition coefficient (Wildman–Crippen LogP) is 1.55. The van der Waals surface area contributed by atoms with Crippen LogP contribution in [-0.2, 0) is 9.53 Å². The summed E-state index contributed by atoms with van der Waals surface area (Å²) < 4.78 is 5.51. The number of thiazole rings is 1. The molecule has 0 unspecified atom stereocenters. The van der Waals surface area contributed by atoms with Gasteiger partial charge in [-0.15, -0.1) is 11.3 Å². The summed E-state index contributed by atoms with van der Waals surface area (Å²) in [6, 6.07) is 0. The molecule has 1 fully saturated rings. The first kappa shape index (κ1) is 14.9. The van der Waals surface area contributed by atoms with E-state index in [-0.39, 0.29) is 25.0 Å². The average molecular weight is 298 g/mol. The van der Waals surface area contributed by atoms with E-state index >= 15 is 0 Å². The monoisotopic (exact) mass is 298 g/mol. The molecule has 1 saturated heterocycles. The number of carbonyl (C=O) groups excluding carboxylic acids is 1. The lowest BCUT2D eigenvalue weighted by Crippen LogP contribution is -2.41. The van der Waals surface area contributed by atoms with E-state index < -0.39 is 5.97 Å². The number of carbonyl (C=O) groups is 2. The van der Waals surface area contributed by atoms with Gasteiger partial charge in [0.05, 0.1) is 30.3 Å². The molecule has 6 nitrogen and oxygen atoms in total. The fourth-order valence-electron chi connectivity index (χ4n) is 2.19. The molecule has 0 spiro atoms. The fourth-order valence-corrected chi connectivity index (χ4v) is 2.96. The van der Waals surface area contributed by atoms with E-state index in [9.17, 15) is 9.59 Å². The van der Waals surface area contributed by atoms with Crippen LogP contribution in [0.2, 0.25) is 0 Å². The van der Waals surface area contributed by atoms with Crippen LogP contribution in [0.25, 0.3) is 0 Å². The Morgan fingerprint density at radius 3 is 2.75 bits per heavy atom. The first-order chi connectivity index (χ1) is 9.58. The molecule has 0 aromatic carbocycles. The topological polar surface area (TPSA) is 79.7 Å². The van der Waals surface area contributed by atoms with E-state index in [1.807, 2.05) is 11.8 Å². The minimum atomic E-state index is -0.849. The normalized spacial score (nSPS) is 16.4. The molecule has 0 atom stereocenters. The number of aryl methyl sites for hydroxylation is 1. The third-order valence-corrected chi connectivity index (χ3v) is 4.25. The van der Waals surface area contributed by atoms with E-state index in [1.165, 1.54) is 11.3 Å². The highest BCUT2D eigenvalue weighted by molar-refractivity contribution is 7.11. The standard InChI is InChI=1S/C13H18N2O4S/c1-9-12(20-8-14-9)13(18)15-5-2-10(3-6-15)19-7-4-11(16)17/h8,10H,2-7H2,1H3,(H,16,17). The second-order valence-electron chi connectivity index (χ2n) is 4.77. The number of nitrogens with zero attached hydrogens (tertiary/aromatic N) is 2. The van der Waals surface area contributed by atoms with Crippen LogP contribution in [0.1, 0.15) is 34.6 Å². The third-order valence-electron chi connectivity index (χ3n) is 3.34. The molecule has 0 aliphatic carbocycles. The van der Waals surface area contributed by atoms with Gasteiger partial charge < -0.3 is 14.7 Å². The zero-order valence-electron chi connectivity index (χ0n) is 11.4. The number of hydrogen-bond donors (Lipinski definition) is 1. The van der Waals surface area contributed by atoms with Gasteiger partial charge in [0, 0.05) is 13.1 Å². The van der Waals surface area contributed by atoms with Gasteiger partial charge in [-0.1, -0.05) is 0 Å². The van der Waals surface area contributed by atoms with E-state index in [0.29, 0.717) is 18.0 Å². The maximum absolute atomic E-state index is 12.3. The van der Waals surface area contributed by atoms with E-state index in [1.54, 1.807) is 5.51 Å². The van der Waals surface area contributed by atoms with Gasteiger partial charge in [-0.05, 0) is 19.8 Å². The molecule has 1 aromatic rings. The van der Waals surface area contributed by atoms with Gasteiger partial charge >= 0.3 is 5.97 Å². The Kier molecular flexibility index (Phi) is 5.08. The largest absolute Gasteiger partial charge is 0.481 e. The Labute approximate surface area is 121 Å². The Hall–Kier alpha value is -1.47. The fraction of sp³-hybridized carbons (Fsp3) is 0.615. The molecule has 110 valence electrons. The SMILES string of the molecule is Cc1ncsc1C(=O)N1CCC(OCCC(=O)O)CC1. The molecule has 1 aliphatic heterocycles. The quantitative estimate of drug-likeness (QED) is 0.892. The summed E-state index contributed by atoms with van der Waals surface area (Å²) in [5.41, 5.74) is 2.46. The maximum Gasteiger partial charge on any atom is 0.305 e. The van der Waals surface area contributed by atoms with Crippen LogP contribution in [-0.4, -0.2) is 52.7 Å². The van der Waals surface area contributed by atoms with Crippen LogP contribution in [0.15, 0.2) is 5.51 Å². The summed E-state index contributed by atoms with van der Waals surface area (Å²) in [6.45, 7) is 3.37. The lowest BCUT2D eigenvalue weighted by atomic mass is 10.1. The van der Waals surface area contributed by atoms with Crippen LogP contribution >= 0.6 is 11.3 Å². The molecule has 0 radical (unpaired) electrons. The Bertz CT molecular complexity index is 480. The van der Waals surface area contributed by atoms with Crippen molar-refractivity contribution in [1.82, 2.24) is 9.88 Å². The number of hydrogen-bond acceptors (Lipinski definition) is 5. The first-order valence-corrected chi connectivity index (χ1v) is 7.48. The molecular weight excluding hydrogens is 280 g/mol. The highest BCUT2D eigenvalue weighted by atomic mass is 32.1. The van der Waals surface area contributed by atoms with Crippen molar-refractivity contribution in [2.24, 2.45) is 0 Å². The molecule has 2 rings (SSSR count). The zero-order chi connectivity index (χ0) is 14.5. The number of aromatic nitrogens is 1. The summed E-state index contributed by atoms with van der Waals surface area (Å²) in [5.74, 6) is -0.813. The molecule has 0 bridgehead atoms. The highest BCUT2D eigenvalue weighted by Gasteiger charge is 2.25. The van der Waals surface area contributed by atoms with Gasteiger partial charge in [0.25, 0.3) is 5.91 Å². The van der Waals surface area contributed by atoms with Crippen LogP contribution in [0, 0.1) is 6.92 Å². The van der Waals surface area contributed by atoms with Crippen LogP contribution in [0.3, 0.4) is 0 Å². The third kappa shape index (κ3) is 3.77. The minimum Gasteiger partial charge on any atom is -0.481 e. The molecule has 1 amide bonds. The molecule has 1 aromatic heterocycles. The Morgan fingerprint density at radius 1 is 1.50 bits per heavy atom. The van der Waals surface area contributed by atoms with Crippen LogP contribution in [0.4, 0.5) is 0 Å². The smallest absolute Gasteiger partial charge is 0.305 e. The van der Waals surface area contributed by atoms with Crippen LogP contribution < -0.4 is 0 Å².